The van der Waals surface area contributed by atoms with Crippen LogP contribution >= 0.6 is 23.2 Å². The van der Waals surface area contributed by atoms with E-state index < -0.39 is 5.60 Å². The molecule has 0 saturated carbocycles. The molecule has 0 bridgehead atoms. The number of benzene rings is 1. The summed E-state index contributed by atoms with van der Waals surface area (Å²) < 4.78 is 5.33. The first-order chi connectivity index (χ1) is 10.7. The van der Waals surface area contributed by atoms with Gasteiger partial charge in [-0.2, -0.15) is 0 Å². The topological polar surface area (TPSA) is 41.6 Å². The number of rotatable bonds is 4. The van der Waals surface area contributed by atoms with E-state index in [0.29, 0.717) is 29.1 Å². The van der Waals surface area contributed by atoms with Crippen molar-refractivity contribution in [2.24, 2.45) is 5.92 Å². The van der Waals surface area contributed by atoms with Gasteiger partial charge in [-0.15, -0.1) is 0 Å². The molecule has 1 fully saturated rings. The van der Waals surface area contributed by atoms with E-state index in [4.69, 9.17) is 27.9 Å². The summed E-state index contributed by atoms with van der Waals surface area (Å²) in [7, 11) is 0. The van der Waals surface area contributed by atoms with Crippen molar-refractivity contribution in [3.05, 3.63) is 40.4 Å². The molecule has 1 saturated heterocycles. The maximum absolute atomic E-state index is 11.9. The quantitative estimate of drug-likeness (QED) is 0.867. The number of halogens is 2. The van der Waals surface area contributed by atoms with Crippen molar-refractivity contribution >= 4 is 35.0 Å². The molecule has 6 heteroatoms. The van der Waals surface area contributed by atoms with Crippen LogP contribution in [0, 0.1) is 5.92 Å². The molecule has 0 radical (unpaired) electrons. The molecule has 126 valence electrons. The molecular formula is C17H22Cl2N2O2. The molecule has 4 nitrogen and oxygen atoms in total. The molecular weight excluding hydrogens is 335 g/mol. The van der Waals surface area contributed by atoms with Crippen LogP contribution in [0.3, 0.4) is 0 Å². The lowest BCUT2D eigenvalue weighted by molar-refractivity contribution is -0.000271. The molecule has 0 aromatic heterocycles. The smallest absolute Gasteiger partial charge is 0.410 e. The van der Waals surface area contributed by atoms with Crippen LogP contribution < -0.4 is 5.32 Å². The number of ether oxygens (including phenoxy) is 1. The molecule has 2 rings (SSSR count). The van der Waals surface area contributed by atoms with Crippen LogP contribution in [0.25, 0.3) is 5.70 Å². The standard InChI is InChI=1S/C17H22Cl2N2O2/c1-11(14-6-5-13(18)7-15(14)19)20-8-12-9-21(10-12)16(22)23-17(2,3)4/h5-7,12,20H,1,8-10H2,2-4H3. The molecule has 23 heavy (non-hydrogen) atoms. The van der Waals surface area contributed by atoms with Crippen LogP contribution in [0.2, 0.25) is 10.0 Å². The second kappa shape index (κ2) is 7.02. The van der Waals surface area contributed by atoms with Crippen LogP contribution in [-0.2, 0) is 4.74 Å². The lowest BCUT2D eigenvalue weighted by atomic mass is 10.0. The average molecular weight is 357 g/mol. The number of likely N-dealkylation sites (tertiary alicyclic amines) is 1. The first-order valence-electron chi connectivity index (χ1n) is 7.52. The summed E-state index contributed by atoms with van der Waals surface area (Å²) in [5.74, 6) is 0.380. The minimum Gasteiger partial charge on any atom is -0.444 e. The number of nitrogens with zero attached hydrogens (tertiary/aromatic N) is 1. The van der Waals surface area contributed by atoms with E-state index in [9.17, 15) is 4.79 Å². The van der Waals surface area contributed by atoms with Gasteiger partial charge in [0.2, 0.25) is 0 Å². The van der Waals surface area contributed by atoms with E-state index in [1.807, 2.05) is 26.8 Å². The Labute approximate surface area is 147 Å². The van der Waals surface area contributed by atoms with E-state index in [1.54, 1.807) is 17.0 Å². The Kier molecular flexibility index (Phi) is 5.48. The Morgan fingerprint density at radius 3 is 2.61 bits per heavy atom. The van der Waals surface area contributed by atoms with E-state index >= 15 is 0 Å². The Balaban J connectivity index is 1.76. The van der Waals surface area contributed by atoms with Crippen LogP contribution in [0.5, 0.6) is 0 Å². The van der Waals surface area contributed by atoms with Gasteiger partial charge >= 0.3 is 6.09 Å². The molecule has 1 amide bonds. The zero-order valence-electron chi connectivity index (χ0n) is 13.7. The van der Waals surface area contributed by atoms with Crippen molar-refractivity contribution in [2.45, 2.75) is 26.4 Å². The van der Waals surface area contributed by atoms with Crippen molar-refractivity contribution < 1.29 is 9.53 Å². The minimum absolute atomic E-state index is 0.256. The second-order valence-electron chi connectivity index (χ2n) is 6.73. The van der Waals surface area contributed by atoms with E-state index in [1.165, 1.54) is 0 Å². The minimum atomic E-state index is -0.458. The lowest BCUT2D eigenvalue weighted by Gasteiger charge is -2.40. The SMILES string of the molecule is C=C(NCC1CN(C(=O)OC(C)(C)C)C1)c1ccc(Cl)cc1Cl. The maximum atomic E-state index is 11.9. The van der Waals surface area contributed by atoms with Crippen molar-refractivity contribution in [3.8, 4) is 0 Å². The highest BCUT2D eigenvalue weighted by Gasteiger charge is 2.33. The van der Waals surface area contributed by atoms with Gasteiger partial charge in [0.25, 0.3) is 0 Å². The maximum Gasteiger partial charge on any atom is 0.410 e. The summed E-state index contributed by atoms with van der Waals surface area (Å²) >= 11 is 12.0. The molecule has 1 N–H and O–H groups in total. The van der Waals surface area contributed by atoms with Crippen LogP contribution in [0.4, 0.5) is 4.79 Å². The van der Waals surface area contributed by atoms with Gasteiger partial charge in [-0.1, -0.05) is 29.8 Å². The third-order valence-electron chi connectivity index (χ3n) is 3.47. The fraction of sp³-hybridized carbons (Fsp3) is 0.471. The van der Waals surface area contributed by atoms with Crippen molar-refractivity contribution in [1.82, 2.24) is 10.2 Å². The van der Waals surface area contributed by atoms with Crippen molar-refractivity contribution in [1.29, 1.82) is 0 Å². The monoisotopic (exact) mass is 356 g/mol. The highest BCUT2D eigenvalue weighted by atomic mass is 35.5. The van der Waals surface area contributed by atoms with Crippen LogP contribution in [0.1, 0.15) is 26.3 Å². The Morgan fingerprint density at radius 1 is 1.39 bits per heavy atom. The Bertz CT molecular complexity index is 605. The second-order valence-corrected chi connectivity index (χ2v) is 7.58. The number of nitrogens with one attached hydrogen (secondary N) is 1. The summed E-state index contributed by atoms with van der Waals surface area (Å²) in [5, 5.41) is 4.43. The molecule has 0 unspecified atom stereocenters. The van der Waals surface area contributed by atoms with Gasteiger partial charge in [0, 0.05) is 41.8 Å². The van der Waals surface area contributed by atoms with Gasteiger partial charge in [-0.3, -0.25) is 0 Å². The summed E-state index contributed by atoms with van der Waals surface area (Å²) in [6, 6.07) is 5.32. The number of carbonyl (C=O) groups excluding carboxylic acids is 1. The average Bonchev–Trinajstić information content (AvgIpc) is 2.34. The van der Waals surface area contributed by atoms with Crippen LogP contribution in [-0.4, -0.2) is 36.2 Å². The third kappa shape index (κ3) is 5.05. The number of carbonyl (C=O) groups is 1. The van der Waals surface area contributed by atoms with Gasteiger partial charge in [0.1, 0.15) is 5.60 Å². The third-order valence-corrected chi connectivity index (χ3v) is 4.02. The zero-order valence-corrected chi connectivity index (χ0v) is 15.2. The lowest BCUT2D eigenvalue weighted by Crippen LogP contribution is -2.54. The fourth-order valence-corrected chi connectivity index (χ4v) is 2.79. The van der Waals surface area contributed by atoms with Gasteiger partial charge in [0.15, 0.2) is 0 Å². The van der Waals surface area contributed by atoms with Crippen molar-refractivity contribution in [2.75, 3.05) is 19.6 Å². The first-order valence-corrected chi connectivity index (χ1v) is 8.27. The van der Waals surface area contributed by atoms with Crippen molar-refractivity contribution in [3.63, 3.8) is 0 Å². The van der Waals surface area contributed by atoms with Gasteiger partial charge < -0.3 is 15.0 Å². The molecule has 0 spiro atoms. The van der Waals surface area contributed by atoms with E-state index in [0.717, 1.165) is 17.8 Å². The molecule has 1 aromatic rings. The van der Waals surface area contributed by atoms with Gasteiger partial charge in [0.05, 0.1) is 5.02 Å². The van der Waals surface area contributed by atoms with E-state index in [2.05, 4.69) is 11.9 Å². The van der Waals surface area contributed by atoms with Gasteiger partial charge in [-0.25, -0.2) is 4.79 Å². The fourth-order valence-electron chi connectivity index (χ4n) is 2.27. The Morgan fingerprint density at radius 2 is 2.04 bits per heavy atom. The molecule has 1 aromatic carbocycles. The van der Waals surface area contributed by atoms with Crippen LogP contribution in [0.15, 0.2) is 24.8 Å². The highest BCUT2D eigenvalue weighted by molar-refractivity contribution is 6.35. The summed E-state index contributed by atoms with van der Waals surface area (Å²) in [5.41, 5.74) is 1.13. The predicted molar refractivity (Wildman–Crippen MR) is 94.8 cm³/mol. The summed E-state index contributed by atoms with van der Waals surface area (Å²) in [6.07, 6.45) is -0.256. The predicted octanol–water partition coefficient (Wildman–Crippen LogP) is 4.42. The first kappa shape index (κ1) is 18.0. The molecule has 0 atom stereocenters. The highest BCUT2D eigenvalue weighted by Crippen LogP contribution is 2.25. The normalized spacial score (nSPS) is 15.1. The largest absolute Gasteiger partial charge is 0.444 e. The number of amides is 1. The molecule has 1 aliphatic rings. The number of hydrogen-bond donors (Lipinski definition) is 1. The van der Waals surface area contributed by atoms with Gasteiger partial charge in [-0.05, 0) is 39.0 Å². The molecule has 1 heterocycles. The Hall–Kier alpha value is -1.39. The molecule has 1 aliphatic heterocycles. The summed E-state index contributed by atoms with van der Waals surface area (Å²) in [6.45, 7) is 11.7. The summed E-state index contributed by atoms with van der Waals surface area (Å²) in [4.78, 5) is 13.6. The zero-order chi connectivity index (χ0) is 17.2. The number of hydrogen-bond acceptors (Lipinski definition) is 3. The van der Waals surface area contributed by atoms with E-state index in [-0.39, 0.29) is 6.09 Å². The molecule has 0 aliphatic carbocycles.